The second kappa shape index (κ2) is 8.21. The summed E-state index contributed by atoms with van der Waals surface area (Å²) in [5, 5.41) is 21.0. The van der Waals surface area contributed by atoms with Crippen molar-refractivity contribution < 1.29 is 9.53 Å². The van der Waals surface area contributed by atoms with Gasteiger partial charge in [0.15, 0.2) is 11.2 Å². The highest BCUT2D eigenvalue weighted by atomic mass is 16.5. The molecule has 5 heteroatoms. The van der Waals surface area contributed by atoms with Gasteiger partial charge in [-0.15, -0.1) is 0 Å². The molecule has 5 nitrogen and oxygen atoms in total. The topological polar surface area (TPSA) is 77.1 Å². The lowest BCUT2D eigenvalue weighted by Gasteiger charge is -2.35. The standard InChI is InChI=1S/C29H23N3O2/c1-19-11-13-21(14-12-19)28(33)27-26(22-8-4-6-10-24(22)34-2)29(17-30,18-31)25-16-15-20-7-3-5-9-23(20)32(25)27/h3-16,25-27H,1-2H3/t25-,26-,27+/m1/s1. The van der Waals surface area contributed by atoms with E-state index in [2.05, 4.69) is 12.1 Å². The van der Waals surface area contributed by atoms with Crippen molar-refractivity contribution in [2.24, 2.45) is 5.41 Å². The molecule has 3 aromatic carbocycles. The maximum absolute atomic E-state index is 14.2. The van der Waals surface area contributed by atoms with E-state index in [4.69, 9.17) is 4.74 Å². The van der Waals surface area contributed by atoms with Gasteiger partial charge in [-0.25, -0.2) is 0 Å². The molecule has 0 bridgehead atoms. The molecule has 0 aliphatic carbocycles. The van der Waals surface area contributed by atoms with E-state index in [1.54, 1.807) is 7.11 Å². The monoisotopic (exact) mass is 445 g/mol. The summed E-state index contributed by atoms with van der Waals surface area (Å²) < 4.78 is 5.65. The summed E-state index contributed by atoms with van der Waals surface area (Å²) in [6.07, 6.45) is 3.83. The lowest BCUT2D eigenvalue weighted by Crippen LogP contribution is -2.44. The zero-order chi connectivity index (χ0) is 23.9. The molecule has 0 unspecified atom stereocenters. The Labute approximate surface area is 199 Å². The molecule has 1 fully saturated rings. The van der Waals surface area contributed by atoms with Crippen molar-refractivity contribution in [3.8, 4) is 17.9 Å². The number of carbonyl (C=O) groups excluding carboxylic acids is 1. The van der Waals surface area contributed by atoms with E-state index in [0.717, 1.165) is 16.8 Å². The van der Waals surface area contributed by atoms with Gasteiger partial charge in [0.05, 0.1) is 25.3 Å². The predicted molar refractivity (Wildman–Crippen MR) is 130 cm³/mol. The zero-order valence-electron chi connectivity index (χ0n) is 19.0. The first-order valence-electron chi connectivity index (χ1n) is 11.2. The Morgan fingerprint density at radius 2 is 1.65 bits per heavy atom. The van der Waals surface area contributed by atoms with Gasteiger partial charge in [0.1, 0.15) is 11.8 Å². The number of rotatable bonds is 4. The number of Topliss-reactive ketones (excluding diaryl/α,β-unsaturated/α-hetero) is 1. The minimum absolute atomic E-state index is 0.126. The van der Waals surface area contributed by atoms with Gasteiger partial charge < -0.3 is 9.64 Å². The van der Waals surface area contributed by atoms with Crippen LogP contribution >= 0.6 is 0 Å². The highest BCUT2D eigenvalue weighted by molar-refractivity contribution is 6.04. The highest BCUT2D eigenvalue weighted by Crippen LogP contribution is 2.56. The number of ketones is 1. The van der Waals surface area contributed by atoms with E-state index in [0.29, 0.717) is 16.9 Å². The second-order valence-electron chi connectivity index (χ2n) is 8.76. The maximum Gasteiger partial charge on any atom is 0.185 e. The molecule has 1 saturated heterocycles. The van der Waals surface area contributed by atoms with Crippen molar-refractivity contribution in [3.63, 3.8) is 0 Å². The number of ether oxygens (including phenoxy) is 1. The average molecular weight is 446 g/mol. The van der Waals surface area contributed by atoms with E-state index in [9.17, 15) is 15.3 Å². The Balaban J connectivity index is 1.81. The van der Waals surface area contributed by atoms with Crippen molar-refractivity contribution in [2.75, 3.05) is 12.0 Å². The van der Waals surface area contributed by atoms with Crippen molar-refractivity contribution in [1.82, 2.24) is 0 Å². The van der Waals surface area contributed by atoms with Crippen LogP contribution in [0.25, 0.3) is 6.08 Å². The molecule has 0 amide bonds. The molecule has 0 radical (unpaired) electrons. The summed E-state index contributed by atoms with van der Waals surface area (Å²) in [6, 6.07) is 25.9. The van der Waals surface area contributed by atoms with Crippen molar-refractivity contribution in [2.45, 2.75) is 24.9 Å². The number of hydrogen-bond acceptors (Lipinski definition) is 5. The van der Waals surface area contributed by atoms with Crippen LogP contribution in [0, 0.1) is 35.0 Å². The number of fused-ring (bicyclic) bond motifs is 3. The molecule has 3 aromatic rings. The van der Waals surface area contributed by atoms with Crippen molar-refractivity contribution in [1.29, 1.82) is 10.5 Å². The number of nitrogens with zero attached hydrogens (tertiary/aromatic N) is 3. The van der Waals surface area contributed by atoms with Gasteiger partial charge in [-0.05, 0) is 24.6 Å². The van der Waals surface area contributed by atoms with Gasteiger partial charge >= 0.3 is 0 Å². The minimum Gasteiger partial charge on any atom is -0.496 e. The van der Waals surface area contributed by atoms with Crippen LogP contribution in [-0.2, 0) is 0 Å². The second-order valence-corrected chi connectivity index (χ2v) is 8.76. The molecule has 3 atom stereocenters. The number of nitriles is 2. The molecule has 2 heterocycles. The molecule has 0 spiro atoms. The van der Waals surface area contributed by atoms with E-state index in [1.807, 2.05) is 96.8 Å². The van der Waals surface area contributed by atoms with Gasteiger partial charge in [0, 0.05) is 22.7 Å². The van der Waals surface area contributed by atoms with Gasteiger partial charge in [0.25, 0.3) is 0 Å². The molecular weight excluding hydrogens is 422 g/mol. The molecule has 0 saturated carbocycles. The summed E-state index contributed by atoms with van der Waals surface area (Å²) >= 11 is 0. The van der Waals surface area contributed by atoms with E-state index < -0.39 is 23.4 Å². The van der Waals surface area contributed by atoms with Crippen molar-refractivity contribution >= 4 is 17.5 Å². The lowest BCUT2D eigenvalue weighted by atomic mass is 9.69. The maximum atomic E-state index is 14.2. The Hall–Kier alpha value is -4.35. The van der Waals surface area contributed by atoms with Gasteiger partial charge in [0.2, 0.25) is 0 Å². The van der Waals surface area contributed by atoms with Crippen LogP contribution in [0.2, 0.25) is 0 Å². The summed E-state index contributed by atoms with van der Waals surface area (Å²) in [4.78, 5) is 16.2. The van der Waals surface area contributed by atoms with E-state index in [-0.39, 0.29) is 5.78 Å². The van der Waals surface area contributed by atoms with Crippen molar-refractivity contribution in [3.05, 3.63) is 101 Å². The normalized spacial score (nSPS) is 21.6. The number of benzene rings is 3. The summed E-state index contributed by atoms with van der Waals surface area (Å²) in [5.41, 5.74) is 2.58. The third-order valence-corrected chi connectivity index (χ3v) is 6.99. The fraction of sp³-hybridized carbons (Fsp3) is 0.207. The van der Waals surface area contributed by atoms with E-state index >= 15 is 0 Å². The molecule has 0 aromatic heterocycles. The number of hydrogen-bond donors (Lipinski definition) is 0. The molecule has 2 aliphatic heterocycles. The van der Waals surface area contributed by atoms with Gasteiger partial charge in [-0.2, -0.15) is 10.5 Å². The SMILES string of the molecule is COc1ccccc1[C@@H]1[C@@H](C(=O)c2ccc(C)cc2)N2c3ccccc3C=C[C@@H]2C1(C#N)C#N. The number of carbonyl (C=O) groups is 1. The third kappa shape index (κ3) is 3.02. The van der Waals surface area contributed by atoms with E-state index in [1.165, 1.54) is 0 Å². The third-order valence-electron chi connectivity index (χ3n) is 6.99. The highest BCUT2D eigenvalue weighted by Gasteiger charge is 2.63. The first-order valence-corrected chi connectivity index (χ1v) is 11.2. The minimum atomic E-state index is -1.50. The molecule has 34 heavy (non-hydrogen) atoms. The number of aryl methyl sites for hydroxylation is 1. The summed E-state index contributed by atoms with van der Waals surface area (Å²) in [6.45, 7) is 1.97. The summed E-state index contributed by atoms with van der Waals surface area (Å²) in [5.74, 6) is -0.298. The van der Waals surface area contributed by atoms with Crippen LogP contribution in [0.3, 0.4) is 0 Å². The smallest absolute Gasteiger partial charge is 0.185 e. The quantitative estimate of drug-likeness (QED) is 0.510. The van der Waals surface area contributed by atoms with Crippen LogP contribution in [0.15, 0.2) is 78.9 Å². The largest absolute Gasteiger partial charge is 0.496 e. The van der Waals surface area contributed by atoms with Crippen LogP contribution in [-0.4, -0.2) is 25.0 Å². The van der Waals surface area contributed by atoms with Gasteiger partial charge in [-0.3, -0.25) is 4.79 Å². The predicted octanol–water partition coefficient (Wildman–Crippen LogP) is 5.29. The molecule has 0 N–H and O–H groups in total. The van der Waals surface area contributed by atoms with Crippen LogP contribution < -0.4 is 9.64 Å². The Morgan fingerprint density at radius 3 is 2.35 bits per heavy atom. The number of para-hydroxylation sites is 2. The molecule has 2 aliphatic rings. The molecular formula is C29H23N3O2. The average Bonchev–Trinajstić information content (AvgIpc) is 3.19. The summed E-state index contributed by atoms with van der Waals surface area (Å²) in [7, 11) is 1.56. The fourth-order valence-corrected chi connectivity index (χ4v) is 5.39. The fourth-order valence-electron chi connectivity index (χ4n) is 5.39. The molecule has 166 valence electrons. The first-order chi connectivity index (χ1) is 16.6. The number of anilines is 1. The van der Waals surface area contributed by atoms with Crippen LogP contribution in [0.4, 0.5) is 5.69 Å². The Kier molecular flexibility index (Phi) is 5.19. The zero-order valence-corrected chi connectivity index (χ0v) is 19.0. The first kappa shape index (κ1) is 21.5. The lowest BCUT2D eigenvalue weighted by molar-refractivity contribution is 0.0950. The van der Waals surface area contributed by atoms with Crippen LogP contribution in [0.5, 0.6) is 5.75 Å². The Morgan fingerprint density at radius 1 is 0.971 bits per heavy atom. The number of methoxy groups -OCH3 is 1. The van der Waals surface area contributed by atoms with Gasteiger partial charge in [-0.1, -0.05) is 78.4 Å². The molecule has 5 rings (SSSR count). The Bertz CT molecular complexity index is 1360. The van der Waals surface area contributed by atoms with Crippen LogP contribution in [0.1, 0.15) is 33.0 Å².